The molecular weight excluding hydrogens is 436 g/mol. The highest BCUT2D eigenvalue weighted by Crippen LogP contribution is 2.30. The van der Waals surface area contributed by atoms with Crippen LogP contribution in [0.25, 0.3) is 0 Å². The molecule has 2 amide bonds. The Morgan fingerprint density at radius 3 is 2.28 bits per heavy atom. The SMILES string of the molecule is N=C(N)c1ccc(NC(=O)C(O)CC(=O)N(CCO)c2ccc(C(F)(F)F)cc2)cc1F. The standard InChI is InChI=1S/C20H20F4N4O4/c21-15-9-12(3-6-14(15)18(25)26)27-19(32)16(30)10-17(31)28(7-8-29)13-4-1-11(2-5-13)20(22,23)24/h1-6,9,16,29-30H,7-8,10H2,(H3,25,26)(H,27,32). The molecule has 0 aromatic heterocycles. The van der Waals surface area contributed by atoms with Gasteiger partial charge in [0.05, 0.1) is 24.2 Å². The van der Waals surface area contributed by atoms with E-state index in [0.717, 1.165) is 41.3 Å². The molecule has 6 N–H and O–H groups in total. The first-order valence-electron chi connectivity index (χ1n) is 9.15. The van der Waals surface area contributed by atoms with Crippen LogP contribution in [0.4, 0.5) is 28.9 Å². The second-order valence-electron chi connectivity index (χ2n) is 6.63. The largest absolute Gasteiger partial charge is 0.416 e. The number of nitrogen functional groups attached to an aromatic ring is 1. The minimum atomic E-state index is -4.57. The van der Waals surface area contributed by atoms with Crippen LogP contribution >= 0.6 is 0 Å². The number of aliphatic hydroxyl groups is 2. The van der Waals surface area contributed by atoms with Crippen LogP contribution in [0.5, 0.6) is 0 Å². The number of nitrogens with zero attached hydrogens (tertiary/aromatic N) is 1. The van der Waals surface area contributed by atoms with E-state index in [1.165, 1.54) is 6.07 Å². The zero-order chi connectivity index (χ0) is 24.1. The smallest absolute Gasteiger partial charge is 0.395 e. The number of nitrogens with two attached hydrogens (primary N) is 1. The number of halogens is 4. The van der Waals surface area contributed by atoms with Gasteiger partial charge in [-0.25, -0.2) is 4.39 Å². The van der Waals surface area contributed by atoms with Gasteiger partial charge in [0.2, 0.25) is 5.91 Å². The van der Waals surface area contributed by atoms with Crippen LogP contribution in [0.1, 0.15) is 17.5 Å². The third kappa shape index (κ3) is 6.25. The van der Waals surface area contributed by atoms with Gasteiger partial charge in [-0.05, 0) is 42.5 Å². The molecule has 0 aliphatic rings. The molecule has 0 saturated carbocycles. The molecule has 12 heteroatoms. The van der Waals surface area contributed by atoms with Crippen molar-refractivity contribution in [3.8, 4) is 0 Å². The molecule has 0 heterocycles. The van der Waals surface area contributed by atoms with Crippen LogP contribution in [0.2, 0.25) is 0 Å². The lowest BCUT2D eigenvalue weighted by Crippen LogP contribution is -2.39. The fourth-order valence-corrected chi connectivity index (χ4v) is 2.73. The van der Waals surface area contributed by atoms with Gasteiger partial charge in [-0.1, -0.05) is 0 Å². The molecule has 1 atom stereocenters. The quantitative estimate of drug-likeness (QED) is 0.234. The third-order valence-electron chi connectivity index (χ3n) is 4.33. The zero-order valence-corrected chi connectivity index (χ0v) is 16.5. The molecule has 2 rings (SSSR count). The van der Waals surface area contributed by atoms with Crippen molar-refractivity contribution < 1.29 is 37.4 Å². The van der Waals surface area contributed by atoms with E-state index in [2.05, 4.69) is 5.32 Å². The Hall–Kier alpha value is -3.51. The van der Waals surface area contributed by atoms with Crippen molar-refractivity contribution in [2.45, 2.75) is 18.7 Å². The molecule has 2 aromatic carbocycles. The molecule has 8 nitrogen and oxygen atoms in total. The van der Waals surface area contributed by atoms with Gasteiger partial charge in [0.1, 0.15) is 17.8 Å². The maximum Gasteiger partial charge on any atom is 0.416 e. The first-order chi connectivity index (χ1) is 14.9. The van der Waals surface area contributed by atoms with Crippen molar-refractivity contribution >= 4 is 29.0 Å². The molecule has 2 aromatic rings. The molecule has 172 valence electrons. The number of amides is 2. The summed E-state index contributed by atoms with van der Waals surface area (Å²) in [6, 6.07) is 6.85. The number of hydrogen-bond donors (Lipinski definition) is 5. The van der Waals surface area contributed by atoms with Crippen LogP contribution in [0.15, 0.2) is 42.5 Å². The fourth-order valence-electron chi connectivity index (χ4n) is 2.73. The molecular formula is C20H20F4N4O4. The van der Waals surface area contributed by atoms with Crippen LogP contribution in [-0.2, 0) is 15.8 Å². The maximum atomic E-state index is 13.9. The van der Waals surface area contributed by atoms with Crippen molar-refractivity contribution in [1.82, 2.24) is 0 Å². The monoisotopic (exact) mass is 456 g/mol. The third-order valence-corrected chi connectivity index (χ3v) is 4.33. The molecule has 0 bridgehead atoms. The van der Waals surface area contributed by atoms with Gasteiger partial charge in [-0.3, -0.25) is 15.0 Å². The first-order valence-corrected chi connectivity index (χ1v) is 9.15. The first kappa shape index (κ1) is 24.8. The molecule has 0 radical (unpaired) electrons. The Labute approximate surface area is 179 Å². The molecule has 0 aliphatic carbocycles. The second-order valence-corrected chi connectivity index (χ2v) is 6.63. The van der Waals surface area contributed by atoms with Crippen LogP contribution in [0, 0.1) is 11.2 Å². The summed E-state index contributed by atoms with van der Waals surface area (Å²) >= 11 is 0. The van der Waals surface area contributed by atoms with E-state index in [9.17, 15) is 37.4 Å². The Morgan fingerprint density at radius 1 is 1.16 bits per heavy atom. The summed E-state index contributed by atoms with van der Waals surface area (Å²) in [5.74, 6) is -3.26. The van der Waals surface area contributed by atoms with E-state index in [1.807, 2.05) is 0 Å². The highest BCUT2D eigenvalue weighted by atomic mass is 19.4. The maximum absolute atomic E-state index is 13.9. The summed E-state index contributed by atoms with van der Waals surface area (Å²) in [5.41, 5.74) is 4.06. The number of nitrogens with one attached hydrogen (secondary N) is 2. The second kappa shape index (κ2) is 10.2. The van der Waals surface area contributed by atoms with Crippen LogP contribution in [-0.4, -0.2) is 47.1 Å². The number of carbonyl (C=O) groups is 2. The molecule has 0 fully saturated rings. The number of anilines is 2. The Kier molecular flexibility index (Phi) is 7.89. The number of hydrogen-bond acceptors (Lipinski definition) is 5. The fraction of sp³-hybridized carbons (Fsp3) is 0.250. The normalized spacial score (nSPS) is 12.2. The van der Waals surface area contributed by atoms with E-state index >= 15 is 0 Å². The van der Waals surface area contributed by atoms with E-state index in [1.54, 1.807) is 0 Å². The number of carbonyl (C=O) groups excluding carboxylic acids is 2. The number of alkyl halides is 3. The highest BCUT2D eigenvalue weighted by Gasteiger charge is 2.31. The summed E-state index contributed by atoms with van der Waals surface area (Å²) in [6.45, 7) is -0.799. The minimum absolute atomic E-state index is 0.0338. The van der Waals surface area contributed by atoms with E-state index in [-0.39, 0.29) is 23.5 Å². The summed E-state index contributed by atoms with van der Waals surface area (Å²) in [7, 11) is 0. The van der Waals surface area contributed by atoms with E-state index < -0.39 is 54.3 Å². The number of amidine groups is 1. The number of benzene rings is 2. The van der Waals surface area contributed by atoms with Crippen molar-refractivity contribution in [2.24, 2.45) is 5.73 Å². The van der Waals surface area contributed by atoms with Gasteiger partial charge in [0.25, 0.3) is 5.91 Å². The highest BCUT2D eigenvalue weighted by molar-refractivity contribution is 6.01. The van der Waals surface area contributed by atoms with Crippen molar-refractivity contribution in [3.05, 3.63) is 59.4 Å². The van der Waals surface area contributed by atoms with Crippen molar-refractivity contribution in [2.75, 3.05) is 23.4 Å². The molecule has 0 spiro atoms. The van der Waals surface area contributed by atoms with Gasteiger partial charge < -0.3 is 26.2 Å². The van der Waals surface area contributed by atoms with Crippen molar-refractivity contribution in [3.63, 3.8) is 0 Å². The van der Waals surface area contributed by atoms with Crippen molar-refractivity contribution in [1.29, 1.82) is 5.41 Å². The Morgan fingerprint density at radius 2 is 1.78 bits per heavy atom. The van der Waals surface area contributed by atoms with Crippen LogP contribution in [0.3, 0.4) is 0 Å². The minimum Gasteiger partial charge on any atom is -0.395 e. The van der Waals surface area contributed by atoms with Gasteiger partial charge in [-0.2, -0.15) is 13.2 Å². The molecule has 0 saturated heterocycles. The molecule has 0 aliphatic heterocycles. The predicted molar refractivity (Wildman–Crippen MR) is 108 cm³/mol. The predicted octanol–water partition coefficient (Wildman–Crippen LogP) is 1.84. The lowest BCUT2D eigenvalue weighted by Gasteiger charge is -2.23. The van der Waals surface area contributed by atoms with Gasteiger partial charge >= 0.3 is 6.18 Å². The topological polar surface area (TPSA) is 140 Å². The summed E-state index contributed by atoms with van der Waals surface area (Å²) < 4.78 is 52.0. The Balaban J connectivity index is 2.08. The Bertz CT molecular complexity index is 996. The summed E-state index contributed by atoms with van der Waals surface area (Å²) in [5, 5.41) is 28.7. The average molecular weight is 456 g/mol. The summed E-state index contributed by atoms with van der Waals surface area (Å²) in [6.07, 6.45) is -7.18. The van der Waals surface area contributed by atoms with Gasteiger partial charge in [-0.15, -0.1) is 0 Å². The zero-order valence-electron chi connectivity index (χ0n) is 16.5. The number of aliphatic hydroxyl groups excluding tert-OH is 2. The molecule has 1 unspecified atom stereocenters. The lowest BCUT2D eigenvalue weighted by molar-refractivity contribution is -0.137. The van der Waals surface area contributed by atoms with Gasteiger partial charge in [0.15, 0.2) is 0 Å². The van der Waals surface area contributed by atoms with Crippen LogP contribution < -0.4 is 16.0 Å². The lowest BCUT2D eigenvalue weighted by atomic mass is 10.1. The van der Waals surface area contributed by atoms with E-state index in [4.69, 9.17) is 11.1 Å². The average Bonchev–Trinajstić information content (AvgIpc) is 2.71. The molecule has 32 heavy (non-hydrogen) atoms. The van der Waals surface area contributed by atoms with E-state index in [0.29, 0.717) is 0 Å². The summed E-state index contributed by atoms with van der Waals surface area (Å²) in [4.78, 5) is 25.6. The van der Waals surface area contributed by atoms with Gasteiger partial charge in [0, 0.05) is 17.9 Å². The number of rotatable bonds is 8.